The van der Waals surface area contributed by atoms with Crippen molar-refractivity contribution in [1.82, 2.24) is 9.13 Å². The Morgan fingerprint density at radius 2 is 0.932 bits per heavy atom. The molecule has 6 aromatic carbocycles. The molecule has 0 radical (unpaired) electrons. The number of rotatable bonds is 6. The van der Waals surface area contributed by atoms with Crippen molar-refractivity contribution in [2.24, 2.45) is 14.1 Å². The van der Waals surface area contributed by atoms with Crippen molar-refractivity contribution in [2.75, 3.05) is 11.5 Å². The molecule has 4 aliphatic carbocycles. The van der Waals surface area contributed by atoms with E-state index in [2.05, 4.69) is 160 Å². The van der Waals surface area contributed by atoms with Crippen LogP contribution in [0.15, 0.2) is 108 Å². The summed E-state index contributed by atoms with van der Waals surface area (Å²) >= 11 is 0. The van der Waals surface area contributed by atoms with Crippen LogP contribution < -0.4 is 0 Å². The monoisotopic (exact) mass is 786 g/mol. The van der Waals surface area contributed by atoms with Crippen LogP contribution in [0.25, 0.3) is 78.0 Å². The molecule has 0 saturated heterocycles. The van der Waals surface area contributed by atoms with Gasteiger partial charge >= 0.3 is 0 Å². The number of hydrogen-bond donors (Lipinski definition) is 0. The van der Waals surface area contributed by atoms with Gasteiger partial charge in [0.15, 0.2) is 0 Å². The minimum atomic E-state index is -1.25. The Morgan fingerprint density at radius 3 is 1.37 bits per heavy atom. The second kappa shape index (κ2) is 12.9. The molecule has 0 amide bonds. The molecule has 294 valence electrons. The van der Waals surface area contributed by atoms with Crippen molar-refractivity contribution in [3.05, 3.63) is 153 Å². The molecule has 0 N–H and O–H groups in total. The number of benzene rings is 6. The molecule has 2 unspecified atom stereocenters. The van der Waals surface area contributed by atoms with E-state index >= 15 is 0 Å². The van der Waals surface area contributed by atoms with Crippen LogP contribution in [0.5, 0.6) is 0 Å². The topological polar surface area (TPSA) is 9.86 Å². The predicted molar refractivity (Wildman–Crippen MR) is 257 cm³/mol. The van der Waals surface area contributed by atoms with E-state index < -0.39 is 10.0 Å². The average Bonchev–Trinajstić information content (AvgIpc) is 4.13. The normalized spacial score (nSPS) is 18.5. The Hall–Kier alpha value is -5.25. The molecule has 0 fully saturated rings. The summed E-state index contributed by atoms with van der Waals surface area (Å²) in [6.07, 6.45) is 12.6. The summed E-state index contributed by atoms with van der Waals surface area (Å²) in [5.74, 6) is 2.44. The zero-order chi connectivity index (χ0) is 39.9. The number of para-hydroxylation sites is 2. The smallest absolute Gasteiger partial charge is 0.0489 e. The summed E-state index contributed by atoms with van der Waals surface area (Å²) in [5, 5.41) is 6.34. The maximum absolute atomic E-state index is 2.71. The van der Waals surface area contributed by atoms with Crippen molar-refractivity contribution in [3.63, 3.8) is 0 Å². The third kappa shape index (κ3) is 4.77. The maximum atomic E-state index is 2.71. The van der Waals surface area contributed by atoms with E-state index in [9.17, 15) is 0 Å². The second-order valence-electron chi connectivity index (χ2n) is 18.2. The summed E-state index contributed by atoms with van der Waals surface area (Å²) in [5.41, 5.74) is 26.9. The van der Waals surface area contributed by atoms with Gasteiger partial charge in [-0.2, -0.15) is 0 Å². The van der Waals surface area contributed by atoms with Gasteiger partial charge in [0.05, 0.1) is 0 Å². The zero-order valence-corrected chi connectivity index (χ0v) is 36.3. The van der Waals surface area contributed by atoms with Crippen LogP contribution in [0.4, 0.5) is 0 Å². The molecular weight excluding hydrogens is 733 g/mol. The van der Waals surface area contributed by atoms with Crippen molar-refractivity contribution >= 4 is 65.8 Å². The Morgan fingerprint density at radius 1 is 0.508 bits per heavy atom. The van der Waals surface area contributed by atoms with Gasteiger partial charge in [-0.25, -0.2) is 10.0 Å². The van der Waals surface area contributed by atoms with Crippen molar-refractivity contribution in [2.45, 2.75) is 76.7 Å². The molecular formula is C56H54N2S. The van der Waals surface area contributed by atoms with Crippen LogP contribution >= 0.6 is 10.0 Å². The lowest BCUT2D eigenvalue weighted by atomic mass is 9.89. The van der Waals surface area contributed by atoms with E-state index in [4.69, 9.17) is 0 Å². The van der Waals surface area contributed by atoms with Gasteiger partial charge in [0.1, 0.15) is 0 Å². The highest BCUT2D eigenvalue weighted by molar-refractivity contribution is 8.34. The SMILES string of the molecule is CCS(CC)(C1C(C)=Cc2c1cc1c(c2-c2ccc3c(c2)c2ccccc2n3C)CCC1)C1C(C)=Cc2c1cc1c(c2-c2ccc3c(c2)c2ccccc2n3C)CCC1. The molecule has 0 saturated carbocycles. The van der Waals surface area contributed by atoms with Gasteiger partial charge in [-0.15, -0.1) is 0 Å². The highest BCUT2D eigenvalue weighted by Gasteiger charge is 2.47. The highest BCUT2D eigenvalue weighted by Crippen LogP contribution is 2.76. The molecule has 2 atom stereocenters. The average molecular weight is 787 g/mol. The molecule has 59 heavy (non-hydrogen) atoms. The largest absolute Gasteiger partial charge is 0.344 e. The molecule has 3 heteroatoms. The van der Waals surface area contributed by atoms with Crippen LogP contribution in [0, 0.1) is 0 Å². The lowest BCUT2D eigenvalue weighted by Gasteiger charge is -2.51. The van der Waals surface area contributed by atoms with Crippen LogP contribution in [-0.4, -0.2) is 20.6 Å². The first kappa shape index (κ1) is 35.7. The van der Waals surface area contributed by atoms with Gasteiger partial charge < -0.3 is 9.13 Å². The lowest BCUT2D eigenvalue weighted by Crippen LogP contribution is -2.23. The molecule has 0 spiro atoms. The van der Waals surface area contributed by atoms with Gasteiger partial charge in [-0.3, -0.25) is 0 Å². The van der Waals surface area contributed by atoms with Gasteiger partial charge in [-0.1, -0.05) is 97.8 Å². The highest BCUT2D eigenvalue weighted by atomic mass is 32.3. The second-order valence-corrected chi connectivity index (χ2v) is 22.3. The summed E-state index contributed by atoms with van der Waals surface area (Å²) in [6.45, 7) is 10.1. The Kier molecular flexibility index (Phi) is 7.78. The lowest BCUT2D eigenvalue weighted by molar-refractivity contribution is 0.911. The zero-order valence-electron chi connectivity index (χ0n) is 35.5. The Bertz CT molecular complexity index is 2980. The van der Waals surface area contributed by atoms with E-state index in [1.54, 1.807) is 44.5 Å². The summed E-state index contributed by atoms with van der Waals surface area (Å²) in [4.78, 5) is 0. The third-order valence-electron chi connectivity index (χ3n) is 15.5. The van der Waals surface area contributed by atoms with Gasteiger partial charge in [-0.05, 0) is 167 Å². The van der Waals surface area contributed by atoms with Crippen molar-refractivity contribution < 1.29 is 0 Å². The number of nitrogens with zero attached hydrogens (tertiary/aromatic N) is 2. The third-order valence-corrected chi connectivity index (χ3v) is 20.8. The number of fused-ring (bicyclic) bond motifs is 10. The standard InChI is InChI=1S/C56H54N2S/c1-7-59(8-2,55-33(3)27-45-47(55)29-35-15-13-19-39(35)53(45)37-23-25-51-43(31-37)41-17-9-11-21-49(41)57(51)5)56-34(4)28-46-48(56)30-36-16-14-20-40(36)54(46)38-24-26-52-44(32-38)42-18-10-12-22-50(42)58(52)6/h9-12,17-18,21-32,55-56H,7-8,13-16,19-20H2,1-6H3. The van der Waals surface area contributed by atoms with Crippen LogP contribution in [0.3, 0.4) is 0 Å². The fraction of sp³-hybridized carbons (Fsp3) is 0.286. The molecule has 2 nitrogen and oxygen atoms in total. The number of aryl methyl sites for hydroxylation is 4. The first-order valence-corrected chi connectivity index (χ1v) is 24.4. The number of hydrogen-bond acceptors (Lipinski definition) is 0. The Labute approximate surface area is 350 Å². The van der Waals surface area contributed by atoms with E-state index in [0.29, 0.717) is 10.5 Å². The minimum Gasteiger partial charge on any atom is -0.344 e. The van der Waals surface area contributed by atoms with Gasteiger partial charge in [0.2, 0.25) is 0 Å². The van der Waals surface area contributed by atoms with Gasteiger partial charge in [0.25, 0.3) is 0 Å². The molecule has 0 aliphatic heterocycles. The first-order valence-electron chi connectivity index (χ1n) is 22.3. The van der Waals surface area contributed by atoms with Crippen molar-refractivity contribution in [3.8, 4) is 22.3 Å². The predicted octanol–water partition coefficient (Wildman–Crippen LogP) is 14.7. The number of aromatic nitrogens is 2. The van der Waals surface area contributed by atoms with Crippen LogP contribution in [0.1, 0.15) is 95.5 Å². The first-order chi connectivity index (χ1) is 28.8. The van der Waals surface area contributed by atoms with E-state index in [1.165, 1.54) is 127 Å². The van der Waals surface area contributed by atoms with E-state index in [0.717, 1.165) is 0 Å². The molecule has 8 aromatic rings. The molecule has 2 heterocycles. The quantitative estimate of drug-likeness (QED) is 0.159. The fourth-order valence-electron chi connectivity index (χ4n) is 13.0. The summed E-state index contributed by atoms with van der Waals surface area (Å²) < 4.78 is 4.74. The van der Waals surface area contributed by atoms with Crippen LogP contribution in [-0.2, 0) is 39.8 Å². The summed E-state index contributed by atoms with van der Waals surface area (Å²) in [7, 11) is 3.18. The molecule has 0 bridgehead atoms. The van der Waals surface area contributed by atoms with E-state index in [1.807, 2.05) is 0 Å². The van der Waals surface area contributed by atoms with Crippen LogP contribution in [0.2, 0.25) is 0 Å². The van der Waals surface area contributed by atoms with E-state index in [-0.39, 0.29) is 0 Å². The Balaban J connectivity index is 1.04. The van der Waals surface area contributed by atoms with Crippen molar-refractivity contribution in [1.29, 1.82) is 0 Å². The maximum Gasteiger partial charge on any atom is 0.0489 e. The molecule has 2 aromatic heterocycles. The minimum absolute atomic E-state index is 0.446. The molecule has 4 aliphatic rings. The molecule has 12 rings (SSSR count). The van der Waals surface area contributed by atoms with Gasteiger partial charge in [0, 0.05) is 68.2 Å². The summed E-state index contributed by atoms with van der Waals surface area (Å²) in [6, 6.07) is 38.0. The fourth-order valence-corrected chi connectivity index (χ4v) is 18.0.